The lowest BCUT2D eigenvalue weighted by Gasteiger charge is -2.34. The molecule has 0 heteroatoms. The standard InChI is InChI=1S/C31H64/c1-10-15-17-21-31(19-13-4)28(9)27(8)25(6)22-23-29(20-16-11-2)24-26(7)30(14-5)18-12-3/h25-31H,10-24H2,1-9H3. The van der Waals surface area contributed by atoms with Gasteiger partial charge in [0.1, 0.15) is 0 Å². The zero-order chi connectivity index (χ0) is 23.6. The Balaban J connectivity index is 4.82. The van der Waals surface area contributed by atoms with Crippen molar-refractivity contribution in [3.63, 3.8) is 0 Å². The summed E-state index contributed by atoms with van der Waals surface area (Å²) in [5.41, 5.74) is 0. The van der Waals surface area contributed by atoms with Crippen molar-refractivity contribution < 1.29 is 0 Å². The minimum atomic E-state index is 0.867. The molecule has 0 saturated heterocycles. The SMILES string of the molecule is CCCCCC(CCC)C(C)C(C)C(C)CCC(CCCC)CC(C)C(CC)CCC. The molecule has 0 bridgehead atoms. The Labute approximate surface area is 200 Å². The van der Waals surface area contributed by atoms with Crippen molar-refractivity contribution in [2.45, 2.75) is 159 Å². The smallest absolute Gasteiger partial charge is 0.0386 e. The summed E-state index contributed by atoms with van der Waals surface area (Å²) in [5.74, 6) is 6.39. The summed E-state index contributed by atoms with van der Waals surface area (Å²) < 4.78 is 0. The molecule has 0 aliphatic heterocycles. The Morgan fingerprint density at radius 3 is 1.61 bits per heavy atom. The van der Waals surface area contributed by atoms with E-state index in [1.54, 1.807) is 0 Å². The molecule has 0 fully saturated rings. The summed E-state index contributed by atoms with van der Waals surface area (Å²) in [5, 5.41) is 0. The van der Waals surface area contributed by atoms with E-state index in [0.717, 1.165) is 41.4 Å². The van der Waals surface area contributed by atoms with Gasteiger partial charge in [0.2, 0.25) is 0 Å². The van der Waals surface area contributed by atoms with Crippen molar-refractivity contribution in [1.82, 2.24) is 0 Å². The lowest BCUT2D eigenvalue weighted by Crippen LogP contribution is -2.25. The van der Waals surface area contributed by atoms with E-state index in [9.17, 15) is 0 Å². The number of unbranched alkanes of at least 4 members (excludes halogenated alkanes) is 3. The number of rotatable bonds is 21. The Morgan fingerprint density at radius 2 is 1.06 bits per heavy atom. The van der Waals surface area contributed by atoms with Gasteiger partial charge >= 0.3 is 0 Å². The van der Waals surface area contributed by atoms with Crippen LogP contribution in [0.3, 0.4) is 0 Å². The summed E-state index contributed by atoms with van der Waals surface area (Å²) in [6.45, 7) is 22.2. The van der Waals surface area contributed by atoms with Crippen molar-refractivity contribution in [1.29, 1.82) is 0 Å². The van der Waals surface area contributed by atoms with Gasteiger partial charge in [0, 0.05) is 0 Å². The molecule has 0 nitrogen and oxygen atoms in total. The molecule has 188 valence electrons. The minimum Gasteiger partial charge on any atom is -0.0654 e. The highest BCUT2D eigenvalue weighted by Gasteiger charge is 2.27. The molecule has 0 heterocycles. The van der Waals surface area contributed by atoms with E-state index < -0.39 is 0 Å². The van der Waals surface area contributed by atoms with Crippen molar-refractivity contribution in [2.24, 2.45) is 41.4 Å². The van der Waals surface area contributed by atoms with Crippen LogP contribution in [0, 0.1) is 41.4 Å². The Morgan fingerprint density at radius 1 is 0.452 bits per heavy atom. The highest BCUT2D eigenvalue weighted by atomic mass is 14.3. The third kappa shape index (κ3) is 13.3. The van der Waals surface area contributed by atoms with E-state index in [0.29, 0.717) is 0 Å². The monoisotopic (exact) mass is 437 g/mol. The van der Waals surface area contributed by atoms with Gasteiger partial charge in [-0.15, -0.1) is 0 Å². The molecule has 0 aromatic carbocycles. The molecule has 0 N–H and O–H groups in total. The van der Waals surface area contributed by atoms with Crippen LogP contribution in [-0.4, -0.2) is 0 Å². The largest absolute Gasteiger partial charge is 0.0654 e. The third-order valence-corrected chi connectivity index (χ3v) is 9.00. The topological polar surface area (TPSA) is 0 Å². The lowest BCUT2D eigenvalue weighted by atomic mass is 9.72. The second-order valence-corrected chi connectivity index (χ2v) is 11.5. The Bertz CT molecular complexity index is 372. The Kier molecular flexibility index (Phi) is 19.5. The first-order valence-corrected chi connectivity index (χ1v) is 14.9. The van der Waals surface area contributed by atoms with Gasteiger partial charge in [-0.1, -0.05) is 152 Å². The molecule has 0 spiro atoms. The van der Waals surface area contributed by atoms with Gasteiger partial charge in [0.05, 0.1) is 0 Å². The second kappa shape index (κ2) is 19.5. The normalized spacial score (nSPS) is 18.9. The second-order valence-electron chi connectivity index (χ2n) is 11.5. The Hall–Kier alpha value is 0. The molecule has 7 unspecified atom stereocenters. The molecular weight excluding hydrogens is 372 g/mol. The summed E-state index contributed by atoms with van der Waals surface area (Å²) in [4.78, 5) is 0. The minimum absolute atomic E-state index is 0.867. The van der Waals surface area contributed by atoms with Gasteiger partial charge < -0.3 is 0 Å². The van der Waals surface area contributed by atoms with Gasteiger partial charge in [0.25, 0.3) is 0 Å². The van der Waals surface area contributed by atoms with Gasteiger partial charge in [-0.05, 0) is 47.8 Å². The molecule has 0 amide bonds. The van der Waals surface area contributed by atoms with E-state index in [1.807, 2.05) is 0 Å². The molecule has 7 atom stereocenters. The summed E-state index contributed by atoms with van der Waals surface area (Å²) >= 11 is 0. The van der Waals surface area contributed by atoms with Crippen LogP contribution in [0.25, 0.3) is 0 Å². The zero-order valence-electron chi connectivity index (χ0n) is 23.6. The lowest BCUT2D eigenvalue weighted by molar-refractivity contribution is 0.163. The molecule has 0 aliphatic carbocycles. The van der Waals surface area contributed by atoms with E-state index in [1.165, 1.54) is 96.3 Å². The van der Waals surface area contributed by atoms with Crippen molar-refractivity contribution in [3.8, 4) is 0 Å². The molecule has 0 saturated carbocycles. The summed E-state index contributed by atoms with van der Waals surface area (Å²) in [6, 6.07) is 0. The molecule has 0 radical (unpaired) electrons. The first-order chi connectivity index (χ1) is 14.9. The predicted octanol–water partition coefficient (Wildman–Crippen LogP) is 11.3. The van der Waals surface area contributed by atoms with Crippen LogP contribution in [0.1, 0.15) is 159 Å². The van der Waals surface area contributed by atoms with Crippen LogP contribution in [0.4, 0.5) is 0 Å². The van der Waals surface area contributed by atoms with Crippen molar-refractivity contribution >= 4 is 0 Å². The van der Waals surface area contributed by atoms with Crippen LogP contribution in [-0.2, 0) is 0 Å². The third-order valence-electron chi connectivity index (χ3n) is 9.00. The number of hydrogen-bond donors (Lipinski definition) is 0. The average Bonchev–Trinajstić information content (AvgIpc) is 2.77. The quantitative estimate of drug-likeness (QED) is 0.157. The van der Waals surface area contributed by atoms with E-state index >= 15 is 0 Å². The highest BCUT2D eigenvalue weighted by molar-refractivity contribution is 4.77. The predicted molar refractivity (Wildman–Crippen MR) is 145 cm³/mol. The maximum atomic E-state index is 2.58. The van der Waals surface area contributed by atoms with E-state index in [-0.39, 0.29) is 0 Å². The molecule has 0 aliphatic rings. The molecule has 31 heavy (non-hydrogen) atoms. The fraction of sp³-hybridized carbons (Fsp3) is 1.00. The van der Waals surface area contributed by atoms with E-state index in [2.05, 4.69) is 62.3 Å². The van der Waals surface area contributed by atoms with Gasteiger partial charge in [-0.3, -0.25) is 0 Å². The van der Waals surface area contributed by atoms with Crippen molar-refractivity contribution in [2.75, 3.05) is 0 Å². The highest BCUT2D eigenvalue weighted by Crippen LogP contribution is 2.37. The molecule has 0 aromatic rings. The van der Waals surface area contributed by atoms with Crippen LogP contribution in [0.2, 0.25) is 0 Å². The van der Waals surface area contributed by atoms with Gasteiger partial charge in [-0.25, -0.2) is 0 Å². The maximum absolute atomic E-state index is 2.58. The summed E-state index contributed by atoms with van der Waals surface area (Å²) in [7, 11) is 0. The maximum Gasteiger partial charge on any atom is -0.0386 e. The fourth-order valence-electron chi connectivity index (χ4n) is 6.26. The first-order valence-electron chi connectivity index (χ1n) is 14.9. The first kappa shape index (κ1) is 31.0. The van der Waals surface area contributed by atoms with Gasteiger partial charge in [0.15, 0.2) is 0 Å². The number of hydrogen-bond acceptors (Lipinski definition) is 0. The summed E-state index contributed by atoms with van der Waals surface area (Å²) in [6.07, 6.45) is 21.3. The van der Waals surface area contributed by atoms with Crippen LogP contribution in [0.15, 0.2) is 0 Å². The fourth-order valence-corrected chi connectivity index (χ4v) is 6.26. The zero-order valence-corrected chi connectivity index (χ0v) is 23.6. The van der Waals surface area contributed by atoms with E-state index in [4.69, 9.17) is 0 Å². The molecule has 0 aromatic heterocycles. The van der Waals surface area contributed by atoms with Crippen LogP contribution < -0.4 is 0 Å². The molecular formula is C31H64. The van der Waals surface area contributed by atoms with Crippen molar-refractivity contribution in [3.05, 3.63) is 0 Å². The van der Waals surface area contributed by atoms with Gasteiger partial charge in [-0.2, -0.15) is 0 Å². The molecule has 0 rings (SSSR count). The average molecular weight is 437 g/mol. The van der Waals surface area contributed by atoms with Crippen LogP contribution in [0.5, 0.6) is 0 Å². The van der Waals surface area contributed by atoms with Crippen LogP contribution >= 0.6 is 0 Å².